The van der Waals surface area contributed by atoms with E-state index in [1.165, 1.54) is 19.2 Å². The zero-order valence-electron chi connectivity index (χ0n) is 17.7. The van der Waals surface area contributed by atoms with E-state index in [0.717, 1.165) is 9.80 Å². The van der Waals surface area contributed by atoms with Crippen LogP contribution in [0.15, 0.2) is 66.7 Å². The van der Waals surface area contributed by atoms with Crippen LogP contribution in [0.25, 0.3) is 0 Å². The standard InChI is InChI=1S/C25H20N2O6/c1-33-25(32)20(27-22(29)16-9-5-6-10-17(16)23(27)30)14-11-12-18-19(13-14)24(31)26(21(18)28)15-7-3-2-4-8-15/h2-12,14,18-20H,13H2,1H3/t14-,18+,19-,20-/m0/s1. The van der Waals surface area contributed by atoms with E-state index >= 15 is 0 Å². The Morgan fingerprint density at radius 3 is 2.09 bits per heavy atom. The van der Waals surface area contributed by atoms with Gasteiger partial charge in [0.2, 0.25) is 11.8 Å². The van der Waals surface area contributed by atoms with Crippen LogP contribution < -0.4 is 4.90 Å². The number of imide groups is 2. The number of hydrogen-bond acceptors (Lipinski definition) is 6. The molecule has 1 saturated heterocycles. The van der Waals surface area contributed by atoms with Crippen molar-refractivity contribution in [1.82, 2.24) is 4.90 Å². The van der Waals surface area contributed by atoms with E-state index in [-0.39, 0.29) is 29.4 Å². The molecule has 0 N–H and O–H groups in total. The van der Waals surface area contributed by atoms with Gasteiger partial charge in [0.1, 0.15) is 6.04 Å². The summed E-state index contributed by atoms with van der Waals surface area (Å²) >= 11 is 0. The minimum atomic E-state index is -1.24. The average molecular weight is 444 g/mol. The summed E-state index contributed by atoms with van der Waals surface area (Å²) in [5, 5.41) is 0. The Morgan fingerprint density at radius 2 is 1.48 bits per heavy atom. The molecule has 8 heteroatoms. The maximum Gasteiger partial charge on any atom is 0.329 e. The number of anilines is 1. The van der Waals surface area contributed by atoms with Gasteiger partial charge in [-0.25, -0.2) is 9.69 Å². The highest BCUT2D eigenvalue weighted by molar-refractivity contribution is 6.23. The lowest BCUT2D eigenvalue weighted by molar-refractivity contribution is -0.147. The van der Waals surface area contributed by atoms with E-state index < -0.39 is 41.6 Å². The van der Waals surface area contributed by atoms with Crippen LogP contribution in [0.4, 0.5) is 5.69 Å². The summed E-state index contributed by atoms with van der Waals surface area (Å²) in [6, 6.07) is 13.8. The van der Waals surface area contributed by atoms with Crippen LogP contribution in [0.2, 0.25) is 0 Å². The van der Waals surface area contributed by atoms with Crippen LogP contribution >= 0.6 is 0 Å². The summed E-state index contributed by atoms with van der Waals surface area (Å²) in [6.07, 6.45) is 3.38. The van der Waals surface area contributed by atoms with Crippen molar-refractivity contribution in [2.24, 2.45) is 17.8 Å². The van der Waals surface area contributed by atoms with Crippen LogP contribution in [0.5, 0.6) is 0 Å². The van der Waals surface area contributed by atoms with Gasteiger partial charge in [0.15, 0.2) is 0 Å². The fourth-order valence-corrected chi connectivity index (χ4v) is 4.97. The average Bonchev–Trinajstić information content (AvgIpc) is 3.24. The first-order valence-corrected chi connectivity index (χ1v) is 10.6. The van der Waals surface area contributed by atoms with Crippen molar-refractivity contribution in [2.45, 2.75) is 12.5 Å². The fraction of sp³-hybridized carbons (Fsp3) is 0.240. The molecule has 4 amide bonds. The number of fused-ring (bicyclic) bond motifs is 2. The number of rotatable bonds is 4. The third-order valence-corrected chi connectivity index (χ3v) is 6.53. The van der Waals surface area contributed by atoms with Crippen LogP contribution in [-0.4, -0.2) is 47.6 Å². The van der Waals surface area contributed by atoms with E-state index in [4.69, 9.17) is 4.74 Å². The molecule has 0 unspecified atom stereocenters. The molecule has 1 fully saturated rings. The number of nitrogens with zero attached hydrogens (tertiary/aromatic N) is 2. The summed E-state index contributed by atoms with van der Waals surface area (Å²) in [5.41, 5.74) is 0.921. The molecule has 2 heterocycles. The summed E-state index contributed by atoms with van der Waals surface area (Å²) in [6.45, 7) is 0. The van der Waals surface area contributed by atoms with Gasteiger partial charge >= 0.3 is 5.97 Å². The Balaban J connectivity index is 1.47. The minimum Gasteiger partial charge on any atom is -0.467 e. The number of carbonyl (C=O) groups is 5. The molecule has 4 atom stereocenters. The van der Waals surface area contributed by atoms with E-state index in [9.17, 15) is 24.0 Å². The smallest absolute Gasteiger partial charge is 0.329 e. The van der Waals surface area contributed by atoms with Gasteiger partial charge in [0.05, 0.1) is 35.8 Å². The third-order valence-electron chi connectivity index (χ3n) is 6.53. The molecule has 0 spiro atoms. The number of carbonyl (C=O) groups excluding carboxylic acids is 5. The number of hydrogen-bond donors (Lipinski definition) is 0. The zero-order chi connectivity index (χ0) is 23.3. The first kappa shape index (κ1) is 20.8. The van der Waals surface area contributed by atoms with Gasteiger partial charge in [-0.15, -0.1) is 0 Å². The highest BCUT2D eigenvalue weighted by Crippen LogP contribution is 2.41. The topological polar surface area (TPSA) is 101 Å². The number of benzene rings is 2. The summed E-state index contributed by atoms with van der Waals surface area (Å²) in [7, 11) is 1.18. The van der Waals surface area contributed by atoms with Gasteiger partial charge in [0, 0.05) is 5.92 Å². The number of methoxy groups -OCH3 is 1. The molecule has 0 saturated carbocycles. The lowest BCUT2D eigenvalue weighted by Gasteiger charge is -2.33. The highest BCUT2D eigenvalue weighted by atomic mass is 16.5. The molecular weight excluding hydrogens is 424 g/mol. The van der Waals surface area contributed by atoms with Gasteiger partial charge in [0.25, 0.3) is 11.8 Å². The Kier molecular flexibility index (Phi) is 4.92. The Hall–Kier alpha value is -4.07. The number of para-hydroxylation sites is 1. The van der Waals surface area contributed by atoms with Crippen molar-refractivity contribution < 1.29 is 28.7 Å². The van der Waals surface area contributed by atoms with Crippen molar-refractivity contribution in [3.05, 3.63) is 77.9 Å². The normalized spacial score (nSPS) is 24.7. The van der Waals surface area contributed by atoms with E-state index in [1.807, 2.05) is 0 Å². The monoisotopic (exact) mass is 444 g/mol. The van der Waals surface area contributed by atoms with Crippen molar-refractivity contribution in [3.63, 3.8) is 0 Å². The molecular formula is C25H20N2O6. The Morgan fingerprint density at radius 1 is 0.879 bits per heavy atom. The third kappa shape index (κ3) is 3.09. The van der Waals surface area contributed by atoms with Gasteiger partial charge in [-0.1, -0.05) is 42.5 Å². The van der Waals surface area contributed by atoms with Crippen molar-refractivity contribution >= 4 is 35.3 Å². The van der Waals surface area contributed by atoms with Crippen LogP contribution in [0, 0.1) is 17.8 Å². The first-order valence-electron chi connectivity index (χ1n) is 10.6. The SMILES string of the molecule is COC(=O)[C@H]([C@H]1C=C[C@H]2C(=O)N(c3ccccc3)C(=O)[C@H]2C1)N1C(=O)c2ccccc2C1=O. The molecule has 1 aliphatic carbocycles. The largest absolute Gasteiger partial charge is 0.467 e. The van der Waals surface area contributed by atoms with Gasteiger partial charge in [-0.05, 0) is 30.7 Å². The second-order valence-electron chi connectivity index (χ2n) is 8.26. The van der Waals surface area contributed by atoms with Crippen LogP contribution in [0.3, 0.4) is 0 Å². The Bertz CT molecular complexity index is 1190. The minimum absolute atomic E-state index is 0.127. The molecule has 3 aliphatic rings. The quantitative estimate of drug-likeness (QED) is 0.407. The fourth-order valence-electron chi connectivity index (χ4n) is 4.97. The predicted molar refractivity (Wildman–Crippen MR) is 116 cm³/mol. The lowest BCUT2D eigenvalue weighted by Crippen LogP contribution is -2.50. The zero-order valence-corrected chi connectivity index (χ0v) is 17.7. The molecule has 8 nitrogen and oxygen atoms in total. The second-order valence-corrected chi connectivity index (χ2v) is 8.26. The van der Waals surface area contributed by atoms with Crippen molar-refractivity contribution in [1.29, 1.82) is 0 Å². The van der Waals surface area contributed by atoms with Crippen molar-refractivity contribution in [3.8, 4) is 0 Å². The molecule has 5 rings (SSSR count). The molecule has 0 aromatic heterocycles. The molecule has 2 aliphatic heterocycles. The molecule has 2 aromatic carbocycles. The van der Waals surface area contributed by atoms with Crippen molar-refractivity contribution in [2.75, 3.05) is 12.0 Å². The molecule has 0 bridgehead atoms. The molecule has 0 radical (unpaired) electrons. The van der Waals surface area contributed by atoms with Crippen LogP contribution in [-0.2, 0) is 19.1 Å². The number of ether oxygens (including phenoxy) is 1. The summed E-state index contributed by atoms with van der Waals surface area (Å²) in [5.74, 6) is -4.65. The number of esters is 1. The number of amides is 4. The molecule has 2 aromatic rings. The van der Waals surface area contributed by atoms with Crippen LogP contribution in [0.1, 0.15) is 27.1 Å². The van der Waals surface area contributed by atoms with Gasteiger partial charge in [-0.2, -0.15) is 0 Å². The lowest BCUT2D eigenvalue weighted by atomic mass is 9.77. The van der Waals surface area contributed by atoms with Gasteiger partial charge in [-0.3, -0.25) is 24.1 Å². The van der Waals surface area contributed by atoms with E-state index in [2.05, 4.69) is 0 Å². The summed E-state index contributed by atoms with van der Waals surface area (Å²) < 4.78 is 4.94. The maximum atomic E-state index is 13.2. The Labute approximate surface area is 189 Å². The highest BCUT2D eigenvalue weighted by Gasteiger charge is 2.53. The van der Waals surface area contributed by atoms with E-state index in [1.54, 1.807) is 54.6 Å². The second kappa shape index (κ2) is 7.81. The first-order chi connectivity index (χ1) is 15.9. The maximum absolute atomic E-state index is 13.2. The van der Waals surface area contributed by atoms with Gasteiger partial charge < -0.3 is 4.74 Å². The van der Waals surface area contributed by atoms with E-state index in [0.29, 0.717) is 5.69 Å². The molecule has 33 heavy (non-hydrogen) atoms. The molecule has 166 valence electrons. The predicted octanol–water partition coefficient (Wildman–Crippen LogP) is 2.21. The summed E-state index contributed by atoms with van der Waals surface area (Å²) in [4.78, 5) is 67.1.